The predicted molar refractivity (Wildman–Crippen MR) is 75.0 cm³/mol. The number of piperidine rings is 1. The molecule has 1 N–H and O–H groups in total. The van der Waals surface area contributed by atoms with Crippen molar-refractivity contribution >= 4 is 11.9 Å². The first-order valence-corrected chi connectivity index (χ1v) is 6.89. The number of nitrogens with one attached hydrogen (secondary N) is 1. The van der Waals surface area contributed by atoms with Crippen molar-refractivity contribution in [1.82, 2.24) is 20.0 Å². The predicted octanol–water partition coefficient (Wildman–Crippen LogP) is 0.200. The third-order valence-electron chi connectivity index (χ3n) is 3.59. The second kappa shape index (κ2) is 7.33. The number of hydrogen-bond acceptors (Lipinski definition) is 3. The van der Waals surface area contributed by atoms with Crippen LogP contribution in [0, 0.1) is 0 Å². The lowest BCUT2D eigenvalue weighted by atomic mass is 10.1. The van der Waals surface area contributed by atoms with Crippen LogP contribution in [0.15, 0.2) is 0 Å². The molecule has 1 fully saturated rings. The Kier molecular flexibility index (Phi) is 6.08. The molecule has 0 aromatic carbocycles. The van der Waals surface area contributed by atoms with Crippen LogP contribution < -0.4 is 5.32 Å². The SMILES string of the molecule is CCN(C)C(=O)CNC1CCN(C(=O)N(C)C)CC1. The molecule has 1 heterocycles. The topological polar surface area (TPSA) is 55.9 Å². The van der Waals surface area contributed by atoms with Gasteiger partial charge in [0.25, 0.3) is 0 Å². The number of rotatable bonds is 4. The maximum atomic E-state index is 11.8. The highest BCUT2D eigenvalue weighted by Crippen LogP contribution is 2.11. The summed E-state index contributed by atoms with van der Waals surface area (Å²) in [5.74, 6) is 0.120. The van der Waals surface area contributed by atoms with E-state index in [1.54, 1.807) is 23.9 Å². The van der Waals surface area contributed by atoms with Gasteiger partial charge in [-0.3, -0.25) is 4.79 Å². The summed E-state index contributed by atoms with van der Waals surface area (Å²) in [5, 5.41) is 3.28. The fourth-order valence-corrected chi connectivity index (χ4v) is 2.10. The molecule has 0 radical (unpaired) electrons. The molecule has 0 aromatic rings. The fraction of sp³-hybridized carbons (Fsp3) is 0.846. The van der Waals surface area contributed by atoms with Gasteiger partial charge >= 0.3 is 6.03 Å². The van der Waals surface area contributed by atoms with E-state index in [1.165, 1.54) is 0 Å². The maximum Gasteiger partial charge on any atom is 0.319 e. The van der Waals surface area contributed by atoms with Gasteiger partial charge in [-0.1, -0.05) is 0 Å². The van der Waals surface area contributed by atoms with Crippen LogP contribution in [0.4, 0.5) is 4.79 Å². The highest BCUT2D eigenvalue weighted by molar-refractivity contribution is 5.78. The van der Waals surface area contributed by atoms with E-state index < -0.39 is 0 Å². The van der Waals surface area contributed by atoms with Crippen LogP contribution in [0.25, 0.3) is 0 Å². The number of nitrogens with zero attached hydrogens (tertiary/aromatic N) is 3. The van der Waals surface area contributed by atoms with Gasteiger partial charge in [0.1, 0.15) is 0 Å². The van der Waals surface area contributed by atoms with Crippen molar-refractivity contribution in [3.63, 3.8) is 0 Å². The Morgan fingerprint density at radius 1 is 1.21 bits per heavy atom. The Hall–Kier alpha value is -1.30. The number of urea groups is 1. The van der Waals surface area contributed by atoms with E-state index in [9.17, 15) is 9.59 Å². The lowest BCUT2D eigenvalue weighted by molar-refractivity contribution is -0.128. The molecule has 110 valence electrons. The molecule has 3 amide bonds. The molecule has 1 rings (SSSR count). The minimum Gasteiger partial charge on any atom is -0.345 e. The van der Waals surface area contributed by atoms with Gasteiger partial charge in [-0.2, -0.15) is 0 Å². The van der Waals surface area contributed by atoms with Crippen LogP contribution >= 0.6 is 0 Å². The van der Waals surface area contributed by atoms with Crippen molar-refractivity contribution < 1.29 is 9.59 Å². The van der Waals surface area contributed by atoms with E-state index in [0.717, 1.165) is 32.5 Å². The van der Waals surface area contributed by atoms with Gasteiger partial charge in [-0.05, 0) is 19.8 Å². The molecule has 0 unspecified atom stereocenters. The smallest absolute Gasteiger partial charge is 0.319 e. The van der Waals surface area contributed by atoms with E-state index in [4.69, 9.17) is 0 Å². The minimum absolute atomic E-state index is 0.0697. The van der Waals surface area contributed by atoms with Crippen LogP contribution in [-0.2, 0) is 4.79 Å². The molecule has 0 bridgehead atoms. The molecule has 0 atom stereocenters. The standard InChI is InChI=1S/C13H26N4O2/c1-5-16(4)12(18)10-14-11-6-8-17(9-7-11)13(19)15(2)3/h11,14H,5-10H2,1-4H3. The molecule has 0 saturated carbocycles. The van der Waals surface area contributed by atoms with Crippen molar-refractivity contribution in [2.75, 3.05) is 47.3 Å². The molecule has 1 saturated heterocycles. The summed E-state index contributed by atoms with van der Waals surface area (Å²) in [7, 11) is 5.35. The van der Waals surface area contributed by atoms with Crippen molar-refractivity contribution in [2.24, 2.45) is 0 Å². The molecule has 1 aliphatic heterocycles. The van der Waals surface area contributed by atoms with Crippen LogP contribution in [0.5, 0.6) is 0 Å². The molecule has 0 spiro atoms. The highest BCUT2D eigenvalue weighted by Gasteiger charge is 2.23. The Bertz CT molecular complexity index is 312. The quantitative estimate of drug-likeness (QED) is 0.794. The zero-order valence-electron chi connectivity index (χ0n) is 12.5. The zero-order chi connectivity index (χ0) is 14.4. The monoisotopic (exact) mass is 270 g/mol. The molecule has 6 heteroatoms. The summed E-state index contributed by atoms with van der Waals surface area (Å²) in [5.41, 5.74) is 0. The summed E-state index contributed by atoms with van der Waals surface area (Å²) in [6.07, 6.45) is 1.81. The number of carbonyl (C=O) groups is 2. The second-order valence-electron chi connectivity index (χ2n) is 5.23. The van der Waals surface area contributed by atoms with Gasteiger partial charge in [-0.25, -0.2) is 4.79 Å². The molecule has 1 aliphatic rings. The fourth-order valence-electron chi connectivity index (χ4n) is 2.10. The van der Waals surface area contributed by atoms with E-state index in [1.807, 2.05) is 18.9 Å². The number of hydrogen-bond donors (Lipinski definition) is 1. The first kappa shape index (κ1) is 15.8. The molecule has 0 aromatic heterocycles. The lowest BCUT2D eigenvalue weighted by Gasteiger charge is -2.34. The third-order valence-corrected chi connectivity index (χ3v) is 3.59. The van der Waals surface area contributed by atoms with E-state index in [-0.39, 0.29) is 11.9 Å². The summed E-state index contributed by atoms with van der Waals surface area (Å²) >= 11 is 0. The Labute approximate surface area is 115 Å². The third kappa shape index (κ3) is 4.70. The normalized spacial score (nSPS) is 16.3. The zero-order valence-corrected chi connectivity index (χ0v) is 12.5. The van der Waals surface area contributed by atoms with E-state index >= 15 is 0 Å². The maximum absolute atomic E-state index is 11.8. The van der Waals surface area contributed by atoms with Crippen LogP contribution in [-0.4, -0.2) is 80.0 Å². The summed E-state index contributed by atoms with van der Waals surface area (Å²) in [4.78, 5) is 28.6. The average Bonchev–Trinajstić information content (AvgIpc) is 2.43. The van der Waals surface area contributed by atoms with Crippen LogP contribution in [0.3, 0.4) is 0 Å². The van der Waals surface area contributed by atoms with Gasteiger partial charge in [0.15, 0.2) is 0 Å². The molecular weight excluding hydrogens is 244 g/mol. The summed E-state index contributed by atoms with van der Waals surface area (Å²) < 4.78 is 0. The Morgan fingerprint density at radius 2 is 1.79 bits per heavy atom. The van der Waals surface area contributed by atoms with Gasteiger partial charge in [0.05, 0.1) is 6.54 Å². The summed E-state index contributed by atoms with van der Waals surface area (Å²) in [6.45, 7) is 4.59. The molecule has 19 heavy (non-hydrogen) atoms. The van der Waals surface area contributed by atoms with Crippen LogP contribution in [0.2, 0.25) is 0 Å². The number of carbonyl (C=O) groups excluding carboxylic acids is 2. The van der Waals surface area contributed by atoms with Crippen molar-refractivity contribution in [3.8, 4) is 0 Å². The van der Waals surface area contributed by atoms with Gasteiger partial charge in [0.2, 0.25) is 5.91 Å². The Morgan fingerprint density at radius 3 is 2.26 bits per heavy atom. The van der Waals surface area contributed by atoms with Crippen molar-refractivity contribution in [1.29, 1.82) is 0 Å². The minimum atomic E-state index is 0.0697. The number of likely N-dealkylation sites (tertiary alicyclic amines) is 1. The number of likely N-dealkylation sites (N-methyl/N-ethyl adjacent to an activating group) is 1. The highest BCUT2D eigenvalue weighted by atomic mass is 16.2. The number of amides is 3. The molecular formula is C13H26N4O2. The van der Waals surface area contributed by atoms with Crippen molar-refractivity contribution in [3.05, 3.63) is 0 Å². The average molecular weight is 270 g/mol. The van der Waals surface area contributed by atoms with E-state index in [0.29, 0.717) is 12.6 Å². The van der Waals surface area contributed by atoms with Gasteiger partial charge in [-0.15, -0.1) is 0 Å². The van der Waals surface area contributed by atoms with Crippen molar-refractivity contribution in [2.45, 2.75) is 25.8 Å². The van der Waals surface area contributed by atoms with Gasteiger partial charge in [0, 0.05) is 46.8 Å². The van der Waals surface area contributed by atoms with Crippen LogP contribution in [0.1, 0.15) is 19.8 Å². The first-order valence-electron chi connectivity index (χ1n) is 6.89. The first-order chi connectivity index (χ1) is 8.95. The largest absolute Gasteiger partial charge is 0.345 e. The summed E-state index contributed by atoms with van der Waals surface area (Å²) in [6, 6.07) is 0.403. The molecule has 6 nitrogen and oxygen atoms in total. The van der Waals surface area contributed by atoms with E-state index in [2.05, 4.69) is 5.32 Å². The lowest BCUT2D eigenvalue weighted by Crippen LogP contribution is -2.49. The second-order valence-corrected chi connectivity index (χ2v) is 5.23. The Balaban J connectivity index is 2.27. The van der Waals surface area contributed by atoms with Gasteiger partial charge < -0.3 is 20.0 Å². The molecule has 0 aliphatic carbocycles.